The number of ether oxygens (including phenoxy) is 1. The zero-order chi connectivity index (χ0) is 19.0. The average Bonchev–Trinajstić information content (AvgIpc) is 2.82. The average molecular weight is 449 g/mol. The molecule has 1 amide bonds. The Bertz CT molecular complexity index is 828. The number of para-hydroxylation sites is 1. The summed E-state index contributed by atoms with van der Waals surface area (Å²) in [6.07, 6.45) is 3.45. The lowest BCUT2D eigenvalue weighted by Gasteiger charge is -2.43. The number of carbonyl (C=O) groups is 1. The molecule has 4 rings (SSSR count). The Morgan fingerprint density at radius 3 is 2.32 bits per heavy atom. The molecule has 0 radical (unpaired) electrons. The minimum absolute atomic E-state index is 0. The van der Waals surface area contributed by atoms with Gasteiger partial charge < -0.3 is 26.2 Å². The summed E-state index contributed by atoms with van der Waals surface area (Å²) < 4.78 is 21.1. The first-order valence-electron chi connectivity index (χ1n) is 9.60. The largest absolute Gasteiger partial charge is 1.00 e. The molecular weight excluding hydrogens is 423 g/mol. The lowest BCUT2D eigenvalue weighted by molar-refractivity contribution is -0.931. The Labute approximate surface area is 176 Å². The van der Waals surface area contributed by atoms with Crippen molar-refractivity contribution in [2.75, 3.05) is 19.4 Å². The van der Waals surface area contributed by atoms with E-state index in [9.17, 15) is 9.18 Å². The van der Waals surface area contributed by atoms with E-state index in [-0.39, 0.29) is 28.8 Å². The third kappa shape index (κ3) is 3.94. The van der Waals surface area contributed by atoms with Gasteiger partial charge in [-0.15, -0.1) is 0 Å². The van der Waals surface area contributed by atoms with Crippen LogP contribution in [-0.4, -0.2) is 42.9 Å². The summed E-state index contributed by atoms with van der Waals surface area (Å²) in [5.74, 6) is -0.463. The molecule has 2 aliphatic rings. The first kappa shape index (κ1) is 20.8. The second-order valence-electron chi connectivity index (χ2n) is 8.17. The first-order valence-corrected chi connectivity index (χ1v) is 9.60. The van der Waals surface area contributed by atoms with E-state index in [4.69, 9.17) is 4.74 Å². The minimum atomic E-state index is -0.575. The van der Waals surface area contributed by atoms with E-state index in [0.717, 1.165) is 22.9 Å². The molecule has 1 N–H and O–H groups in total. The van der Waals surface area contributed by atoms with Crippen LogP contribution in [0.4, 0.5) is 14.9 Å². The molecule has 2 heterocycles. The number of nitrogens with one attached hydrogen (secondary N) is 1. The highest BCUT2D eigenvalue weighted by Crippen LogP contribution is 2.40. The number of rotatable bonds is 3. The van der Waals surface area contributed by atoms with Crippen molar-refractivity contribution >= 4 is 11.8 Å². The summed E-state index contributed by atoms with van der Waals surface area (Å²) in [5, 5.41) is 2.65. The molecule has 6 heteroatoms. The number of quaternary nitrogens is 1. The Morgan fingerprint density at radius 1 is 1.04 bits per heavy atom. The number of nitrogens with zero attached hydrogens (tertiary/aromatic N) is 1. The van der Waals surface area contributed by atoms with E-state index in [1.807, 2.05) is 30.3 Å². The first-order chi connectivity index (χ1) is 12.9. The number of fused-ring (bicyclic) bond motifs is 2. The van der Waals surface area contributed by atoms with Gasteiger partial charge in [0, 0.05) is 31.2 Å². The van der Waals surface area contributed by atoms with Crippen molar-refractivity contribution in [3.8, 4) is 11.1 Å². The Morgan fingerprint density at radius 2 is 1.68 bits per heavy atom. The van der Waals surface area contributed by atoms with Gasteiger partial charge in [0.05, 0.1) is 31.9 Å². The number of piperidine rings is 1. The Balaban J connectivity index is 0.00000225. The van der Waals surface area contributed by atoms with Crippen molar-refractivity contribution in [2.45, 2.75) is 43.9 Å². The van der Waals surface area contributed by atoms with Gasteiger partial charge in [0.2, 0.25) is 0 Å². The van der Waals surface area contributed by atoms with Crippen molar-refractivity contribution in [3.05, 3.63) is 54.3 Å². The summed E-state index contributed by atoms with van der Waals surface area (Å²) in [7, 11) is 4.54. The van der Waals surface area contributed by atoms with Gasteiger partial charge in [-0.3, -0.25) is 5.32 Å². The van der Waals surface area contributed by atoms with E-state index in [1.165, 1.54) is 18.9 Å². The normalized spacial score (nSPS) is 24.9. The molecule has 28 heavy (non-hydrogen) atoms. The molecule has 2 aromatic carbocycles. The fourth-order valence-electron chi connectivity index (χ4n) is 4.72. The van der Waals surface area contributed by atoms with Crippen LogP contribution >= 0.6 is 0 Å². The van der Waals surface area contributed by atoms with E-state index in [1.54, 1.807) is 12.1 Å². The van der Waals surface area contributed by atoms with Crippen LogP contribution in [0.3, 0.4) is 0 Å². The lowest BCUT2D eigenvalue weighted by Crippen LogP contribution is -3.00. The Kier molecular flexibility index (Phi) is 6.10. The second-order valence-corrected chi connectivity index (χ2v) is 8.17. The standard InChI is InChI=1S/C22H25FN2O2.BrH/c1-25(2)16-11-12-17(25)14-18(13-16)27-22(26)24-21-19(9-6-10-20(21)23)15-7-4-3-5-8-15;/h3-10,16-18H,11-14H2,1-2H3;1H. The van der Waals surface area contributed by atoms with Gasteiger partial charge in [0.25, 0.3) is 0 Å². The molecule has 0 spiro atoms. The number of halogens is 2. The van der Waals surface area contributed by atoms with Gasteiger partial charge in [-0.1, -0.05) is 42.5 Å². The third-order valence-corrected chi connectivity index (χ3v) is 6.38. The summed E-state index contributed by atoms with van der Waals surface area (Å²) in [5.41, 5.74) is 1.67. The molecule has 0 aromatic heterocycles. The Hall–Kier alpha value is -1.92. The van der Waals surface area contributed by atoms with Crippen LogP contribution in [0.25, 0.3) is 11.1 Å². The van der Waals surface area contributed by atoms with Crippen molar-refractivity contribution in [1.82, 2.24) is 0 Å². The summed E-state index contributed by atoms with van der Waals surface area (Å²) >= 11 is 0. The number of anilines is 1. The molecule has 2 fully saturated rings. The van der Waals surface area contributed by atoms with Gasteiger partial charge in [-0.2, -0.15) is 0 Å². The maximum Gasteiger partial charge on any atom is 0.412 e. The van der Waals surface area contributed by atoms with Crippen molar-refractivity contribution in [3.63, 3.8) is 0 Å². The van der Waals surface area contributed by atoms with Gasteiger partial charge in [-0.05, 0) is 11.6 Å². The second kappa shape index (κ2) is 8.21. The monoisotopic (exact) mass is 448 g/mol. The summed E-state index contributed by atoms with van der Waals surface area (Å²) in [4.78, 5) is 12.5. The third-order valence-electron chi connectivity index (χ3n) is 6.38. The molecule has 2 bridgehead atoms. The molecule has 2 aliphatic heterocycles. The van der Waals surface area contributed by atoms with Crippen LogP contribution in [0.1, 0.15) is 25.7 Å². The van der Waals surface area contributed by atoms with Crippen LogP contribution in [-0.2, 0) is 4.74 Å². The molecule has 2 aromatic rings. The molecule has 0 saturated carbocycles. The maximum atomic E-state index is 14.4. The molecule has 2 unspecified atom stereocenters. The number of carbonyl (C=O) groups excluding carboxylic acids is 1. The zero-order valence-corrected chi connectivity index (χ0v) is 17.8. The van der Waals surface area contributed by atoms with E-state index in [2.05, 4.69) is 19.4 Å². The minimum Gasteiger partial charge on any atom is -1.00 e. The maximum absolute atomic E-state index is 14.4. The predicted octanol–water partition coefficient (Wildman–Crippen LogP) is 1.81. The van der Waals surface area contributed by atoms with Crippen LogP contribution in [0.5, 0.6) is 0 Å². The highest BCUT2D eigenvalue weighted by Gasteiger charge is 2.49. The topological polar surface area (TPSA) is 38.3 Å². The van der Waals surface area contributed by atoms with Crippen LogP contribution < -0.4 is 22.3 Å². The van der Waals surface area contributed by atoms with Crippen LogP contribution in [0.2, 0.25) is 0 Å². The van der Waals surface area contributed by atoms with Gasteiger partial charge >= 0.3 is 6.09 Å². The lowest BCUT2D eigenvalue weighted by atomic mass is 9.98. The molecule has 0 aliphatic carbocycles. The van der Waals surface area contributed by atoms with Gasteiger partial charge in [-0.25, -0.2) is 9.18 Å². The smallest absolute Gasteiger partial charge is 0.412 e. The number of benzene rings is 2. The van der Waals surface area contributed by atoms with Crippen LogP contribution in [0, 0.1) is 5.82 Å². The van der Waals surface area contributed by atoms with E-state index in [0.29, 0.717) is 17.6 Å². The zero-order valence-electron chi connectivity index (χ0n) is 16.2. The fourth-order valence-corrected chi connectivity index (χ4v) is 4.72. The number of hydrogen-bond donors (Lipinski definition) is 1. The van der Waals surface area contributed by atoms with E-state index >= 15 is 0 Å². The van der Waals surface area contributed by atoms with E-state index < -0.39 is 11.9 Å². The fraction of sp³-hybridized carbons (Fsp3) is 0.409. The molecule has 4 nitrogen and oxygen atoms in total. The molecule has 2 atom stereocenters. The van der Waals surface area contributed by atoms with Gasteiger partial charge in [0.1, 0.15) is 11.9 Å². The molecule has 2 saturated heterocycles. The quantitative estimate of drug-likeness (QED) is 0.727. The summed E-state index contributed by atoms with van der Waals surface area (Å²) in [6.45, 7) is 0. The highest BCUT2D eigenvalue weighted by molar-refractivity contribution is 5.91. The molecular formula is C22H26BrFN2O2. The number of hydrogen-bond acceptors (Lipinski definition) is 2. The van der Waals surface area contributed by atoms with Crippen LogP contribution in [0.15, 0.2) is 48.5 Å². The molecule has 150 valence electrons. The highest BCUT2D eigenvalue weighted by atomic mass is 79.9. The summed E-state index contributed by atoms with van der Waals surface area (Å²) in [6, 6.07) is 15.3. The van der Waals surface area contributed by atoms with Crippen molar-refractivity contribution < 1.29 is 35.4 Å². The SMILES string of the molecule is C[N+]1(C)C2CCC1CC(OC(=O)Nc1c(F)cccc1-c1ccccc1)C2.[Br-]. The number of amides is 1. The predicted molar refractivity (Wildman–Crippen MR) is 104 cm³/mol. The van der Waals surface area contributed by atoms with Crippen molar-refractivity contribution in [2.24, 2.45) is 0 Å². The van der Waals surface area contributed by atoms with Crippen molar-refractivity contribution in [1.29, 1.82) is 0 Å². The van der Waals surface area contributed by atoms with Gasteiger partial charge in [0.15, 0.2) is 0 Å².